The number of hydrogen-bond donors (Lipinski definition) is 1. The first-order valence-corrected chi connectivity index (χ1v) is 9.66. The average molecular weight is 430 g/mol. The monoisotopic (exact) mass is 430 g/mol. The third-order valence-electron chi connectivity index (χ3n) is 5.18. The molecule has 0 heterocycles. The highest BCUT2D eigenvalue weighted by Crippen LogP contribution is 2.46. The van der Waals surface area contributed by atoms with Gasteiger partial charge in [0, 0.05) is 12.3 Å². The largest absolute Gasteiger partial charge is 0.465 e. The number of hydrogen-bond acceptors (Lipinski definition) is 8. The Labute approximate surface area is 180 Å². The van der Waals surface area contributed by atoms with Crippen LogP contribution in [-0.2, 0) is 28.6 Å². The molecule has 0 spiro atoms. The van der Waals surface area contributed by atoms with Crippen LogP contribution in [-0.4, -0.2) is 54.7 Å². The molecule has 166 valence electrons. The number of carbonyl (C=O) groups excluding carboxylic acids is 4. The lowest BCUT2D eigenvalue weighted by atomic mass is 9.61. The highest BCUT2D eigenvalue weighted by Gasteiger charge is 2.57. The molecule has 0 amide bonds. The number of esters is 3. The van der Waals surface area contributed by atoms with Crippen LogP contribution in [0.1, 0.15) is 35.2 Å². The van der Waals surface area contributed by atoms with Crippen molar-refractivity contribution >= 4 is 23.7 Å². The van der Waals surface area contributed by atoms with E-state index in [9.17, 15) is 24.3 Å². The van der Waals surface area contributed by atoms with E-state index in [0.29, 0.717) is 5.56 Å². The first kappa shape index (κ1) is 24.0. The van der Waals surface area contributed by atoms with Gasteiger partial charge in [0.05, 0.1) is 24.2 Å². The molecule has 8 nitrogen and oxygen atoms in total. The number of rotatable bonds is 8. The first-order chi connectivity index (χ1) is 14.7. The molecule has 1 aromatic carbocycles. The topological polar surface area (TPSA) is 116 Å². The van der Waals surface area contributed by atoms with Crippen molar-refractivity contribution in [3.63, 3.8) is 0 Å². The number of methoxy groups -OCH3 is 1. The molecule has 2 rings (SSSR count). The van der Waals surface area contributed by atoms with Crippen LogP contribution >= 0.6 is 0 Å². The molecule has 1 aliphatic rings. The van der Waals surface area contributed by atoms with E-state index in [1.165, 1.54) is 50.5 Å². The molecule has 0 saturated heterocycles. The summed E-state index contributed by atoms with van der Waals surface area (Å²) in [6.07, 6.45) is 2.30. The molecule has 1 N–H and O–H groups in total. The van der Waals surface area contributed by atoms with Gasteiger partial charge < -0.3 is 19.3 Å². The van der Waals surface area contributed by atoms with Gasteiger partial charge in [-0.05, 0) is 24.6 Å². The number of ketones is 1. The normalized spacial score (nSPS) is 25.3. The fourth-order valence-corrected chi connectivity index (χ4v) is 3.84. The third kappa shape index (κ3) is 5.27. The maximum Gasteiger partial charge on any atom is 0.337 e. The van der Waals surface area contributed by atoms with Gasteiger partial charge in [0.2, 0.25) is 0 Å². The molecule has 0 bridgehead atoms. The predicted octanol–water partition coefficient (Wildman–Crippen LogP) is 1.97. The summed E-state index contributed by atoms with van der Waals surface area (Å²) in [5.74, 6) is -6.39. The summed E-state index contributed by atoms with van der Waals surface area (Å²) in [6, 6.07) is 5.92. The van der Waals surface area contributed by atoms with E-state index in [1.807, 2.05) is 0 Å². The quantitative estimate of drug-likeness (QED) is 0.288. The Bertz CT molecular complexity index is 868. The van der Waals surface area contributed by atoms with Crippen LogP contribution < -0.4 is 0 Å². The van der Waals surface area contributed by atoms with Crippen LogP contribution in [0.5, 0.6) is 0 Å². The molecule has 1 aliphatic carbocycles. The second kappa shape index (κ2) is 10.2. The van der Waals surface area contributed by atoms with Crippen LogP contribution in [0.3, 0.4) is 0 Å². The Morgan fingerprint density at radius 1 is 1.10 bits per heavy atom. The Balaban J connectivity index is 2.58. The molecular weight excluding hydrogens is 404 g/mol. The Hall–Kier alpha value is -3.26. The number of benzene rings is 1. The van der Waals surface area contributed by atoms with Crippen LogP contribution in [0, 0.1) is 11.8 Å². The summed E-state index contributed by atoms with van der Waals surface area (Å²) in [6.45, 7) is 8.11. The lowest BCUT2D eigenvalue weighted by Crippen LogP contribution is -2.55. The van der Waals surface area contributed by atoms with Gasteiger partial charge in [-0.1, -0.05) is 37.4 Å². The Morgan fingerprint density at radius 3 is 2.16 bits per heavy atom. The van der Waals surface area contributed by atoms with Crippen molar-refractivity contribution in [1.29, 1.82) is 0 Å². The van der Waals surface area contributed by atoms with Crippen molar-refractivity contribution in [2.24, 2.45) is 11.8 Å². The van der Waals surface area contributed by atoms with Gasteiger partial charge in [0.15, 0.2) is 5.78 Å². The maximum absolute atomic E-state index is 12.9. The minimum Gasteiger partial charge on any atom is -0.465 e. The maximum atomic E-state index is 12.9. The zero-order chi connectivity index (χ0) is 23.2. The first-order valence-electron chi connectivity index (χ1n) is 9.66. The van der Waals surface area contributed by atoms with Gasteiger partial charge in [-0.25, -0.2) is 4.79 Å². The minimum absolute atomic E-state index is 0.0983. The molecule has 31 heavy (non-hydrogen) atoms. The van der Waals surface area contributed by atoms with Crippen molar-refractivity contribution in [3.05, 3.63) is 60.7 Å². The lowest BCUT2D eigenvalue weighted by Gasteiger charge is -2.43. The van der Waals surface area contributed by atoms with Gasteiger partial charge in [-0.2, -0.15) is 0 Å². The van der Waals surface area contributed by atoms with Crippen molar-refractivity contribution in [2.75, 3.05) is 20.3 Å². The summed E-state index contributed by atoms with van der Waals surface area (Å²) < 4.78 is 15.0. The summed E-state index contributed by atoms with van der Waals surface area (Å²) in [7, 11) is 1.24. The molecule has 0 radical (unpaired) electrons. The molecule has 1 fully saturated rings. The second-order valence-electron chi connectivity index (χ2n) is 7.43. The molecule has 8 heteroatoms. The average Bonchev–Trinajstić information content (AvgIpc) is 2.74. The minimum atomic E-state index is -1.77. The number of carbonyl (C=O) groups is 4. The SMILES string of the molecule is C=CCOC(=O)C1C(=O)CC(C)(O)C(C(=O)OCC=C)C1c1ccc(C(=O)OC)cc1. The van der Waals surface area contributed by atoms with E-state index in [-0.39, 0.29) is 18.8 Å². The standard InChI is InChI=1S/C23H26O8/c1-5-11-30-21(26)18-16(24)13-23(3,28)19(22(27)31-12-6-2)17(18)14-7-9-15(10-8-14)20(25)29-4/h5-10,17-19,28H,1-2,11-13H2,3-4H3. The van der Waals surface area contributed by atoms with E-state index in [2.05, 4.69) is 17.9 Å². The fourth-order valence-electron chi connectivity index (χ4n) is 3.84. The Kier molecular flexibility index (Phi) is 7.88. The van der Waals surface area contributed by atoms with Crippen molar-refractivity contribution < 1.29 is 38.5 Å². The zero-order valence-electron chi connectivity index (χ0n) is 17.5. The molecule has 1 saturated carbocycles. The van der Waals surface area contributed by atoms with Gasteiger partial charge in [0.25, 0.3) is 0 Å². The van der Waals surface area contributed by atoms with Crippen molar-refractivity contribution in [3.8, 4) is 0 Å². The fraction of sp³-hybridized carbons (Fsp3) is 0.391. The summed E-state index contributed by atoms with van der Waals surface area (Å²) in [5, 5.41) is 11.0. The van der Waals surface area contributed by atoms with Gasteiger partial charge >= 0.3 is 17.9 Å². The highest BCUT2D eigenvalue weighted by molar-refractivity contribution is 6.03. The smallest absolute Gasteiger partial charge is 0.337 e. The van der Waals surface area contributed by atoms with Crippen molar-refractivity contribution in [1.82, 2.24) is 0 Å². The molecule has 4 atom stereocenters. The van der Waals surface area contributed by atoms with Crippen LogP contribution in [0.15, 0.2) is 49.6 Å². The van der Waals surface area contributed by atoms with E-state index >= 15 is 0 Å². The van der Waals surface area contributed by atoms with E-state index < -0.39 is 53.5 Å². The van der Waals surface area contributed by atoms with Crippen LogP contribution in [0.4, 0.5) is 0 Å². The highest BCUT2D eigenvalue weighted by atomic mass is 16.5. The van der Waals surface area contributed by atoms with Crippen LogP contribution in [0.25, 0.3) is 0 Å². The lowest BCUT2D eigenvalue weighted by molar-refractivity contribution is -0.172. The van der Waals surface area contributed by atoms with E-state index in [1.54, 1.807) is 0 Å². The van der Waals surface area contributed by atoms with Gasteiger partial charge in [-0.15, -0.1) is 0 Å². The van der Waals surface area contributed by atoms with E-state index in [4.69, 9.17) is 9.47 Å². The number of ether oxygens (including phenoxy) is 3. The summed E-state index contributed by atoms with van der Waals surface area (Å²) in [5.41, 5.74) is -1.13. The number of Topliss-reactive ketones (excluding diaryl/α,β-unsaturated/α-hetero) is 1. The number of aliphatic hydroxyl groups is 1. The molecule has 1 aromatic rings. The molecule has 0 aliphatic heterocycles. The zero-order valence-corrected chi connectivity index (χ0v) is 17.5. The van der Waals surface area contributed by atoms with Gasteiger partial charge in [-0.3, -0.25) is 14.4 Å². The van der Waals surface area contributed by atoms with Crippen molar-refractivity contribution in [2.45, 2.75) is 24.9 Å². The second-order valence-corrected chi connectivity index (χ2v) is 7.43. The Morgan fingerprint density at radius 2 is 1.65 bits per heavy atom. The summed E-state index contributed by atoms with van der Waals surface area (Å²) >= 11 is 0. The molecule has 0 aromatic heterocycles. The van der Waals surface area contributed by atoms with E-state index in [0.717, 1.165) is 0 Å². The molecular formula is C23H26O8. The predicted molar refractivity (Wildman–Crippen MR) is 110 cm³/mol. The third-order valence-corrected chi connectivity index (χ3v) is 5.18. The van der Waals surface area contributed by atoms with Crippen LogP contribution in [0.2, 0.25) is 0 Å². The summed E-state index contributed by atoms with van der Waals surface area (Å²) in [4.78, 5) is 50.3. The van der Waals surface area contributed by atoms with Gasteiger partial charge in [0.1, 0.15) is 19.1 Å². The molecule has 4 unspecified atom stereocenters.